The molecule has 1 atom stereocenters. The lowest BCUT2D eigenvalue weighted by molar-refractivity contribution is 0.275. The van der Waals surface area contributed by atoms with Gasteiger partial charge in [0.2, 0.25) is 7.83 Å². The van der Waals surface area contributed by atoms with Crippen LogP contribution >= 0.6 is 0 Å². The second-order valence-corrected chi connectivity index (χ2v) is 21.9. The standard InChI is InChI=1S/C30H40OSi2/c1-5-6-7-8-9-13-20-27(2)31-33(29-23-16-11-17-24-29,30-25-18-12-19-26-30)32(3,4)28-21-14-10-15-22-28/h10-27H,5-9H2,1-4H3/b20-13+/t27-/m1/s1. The molecule has 1 nitrogen and oxygen atoms in total. The Morgan fingerprint density at radius 2 is 1.18 bits per heavy atom. The Hall–Kier alpha value is -2.21. The molecule has 0 radical (unpaired) electrons. The summed E-state index contributed by atoms with van der Waals surface area (Å²) in [5.41, 5.74) is 0. The van der Waals surface area contributed by atoms with Crippen molar-refractivity contribution in [3.8, 4) is 0 Å². The Morgan fingerprint density at radius 3 is 1.67 bits per heavy atom. The van der Waals surface area contributed by atoms with Crippen molar-refractivity contribution in [1.82, 2.24) is 0 Å². The Balaban J connectivity index is 2.06. The van der Waals surface area contributed by atoms with Crippen LogP contribution in [-0.4, -0.2) is 21.5 Å². The van der Waals surface area contributed by atoms with E-state index in [1.165, 1.54) is 41.2 Å². The van der Waals surface area contributed by atoms with E-state index >= 15 is 0 Å². The molecule has 33 heavy (non-hydrogen) atoms. The number of unbranched alkanes of at least 4 members (excludes halogenated alkanes) is 4. The van der Waals surface area contributed by atoms with Crippen LogP contribution in [0, 0.1) is 0 Å². The maximum Gasteiger partial charge on any atom is 0.246 e. The largest absolute Gasteiger partial charge is 0.404 e. The predicted octanol–water partition coefficient (Wildman–Crippen LogP) is 6.37. The first-order valence-electron chi connectivity index (χ1n) is 12.5. The Bertz CT molecular complexity index is 928. The van der Waals surface area contributed by atoms with Gasteiger partial charge in [-0.2, -0.15) is 0 Å². The molecule has 0 spiro atoms. The third-order valence-electron chi connectivity index (χ3n) is 6.73. The van der Waals surface area contributed by atoms with E-state index in [-0.39, 0.29) is 6.10 Å². The second kappa shape index (κ2) is 12.3. The minimum absolute atomic E-state index is 0.0683. The summed E-state index contributed by atoms with van der Waals surface area (Å²) in [7, 11) is -4.66. The van der Waals surface area contributed by atoms with Gasteiger partial charge in [0.05, 0.1) is 6.10 Å². The molecule has 0 aliphatic rings. The zero-order chi connectivity index (χ0) is 23.6. The lowest BCUT2D eigenvalue weighted by Crippen LogP contribution is -2.80. The third-order valence-corrected chi connectivity index (χ3v) is 21.5. The van der Waals surface area contributed by atoms with Gasteiger partial charge in [-0.15, -0.1) is 0 Å². The van der Waals surface area contributed by atoms with Gasteiger partial charge in [0.15, 0.2) is 0 Å². The second-order valence-electron chi connectivity index (χ2n) is 9.50. The first kappa shape index (κ1) is 25.4. The van der Waals surface area contributed by atoms with Crippen molar-refractivity contribution in [3.63, 3.8) is 0 Å². The van der Waals surface area contributed by atoms with E-state index in [0.717, 1.165) is 6.42 Å². The smallest absolute Gasteiger partial charge is 0.246 e. The average Bonchev–Trinajstić information content (AvgIpc) is 2.86. The van der Waals surface area contributed by atoms with Crippen molar-refractivity contribution < 1.29 is 4.43 Å². The van der Waals surface area contributed by atoms with Crippen LogP contribution in [0.2, 0.25) is 13.1 Å². The fourth-order valence-electron chi connectivity index (χ4n) is 4.87. The fourth-order valence-corrected chi connectivity index (χ4v) is 19.1. The van der Waals surface area contributed by atoms with Gasteiger partial charge in [-0.3, -0.25) is 0 Å². The molecule has 0 aliphatic carbocycles. The van der Waals surface area contributed by atoms with Crippen molar-refractivity contribution in [3.05, 3.63) is 103 Å². The summed E-state index contributed by atoms with van der Waals surface area (Å²) in [6.07, 6.45) is 11.0. The van der Waals surface area contributed by atoms with Crippen LogP contribution in [0.25, 0.3) is 0 Å². The van der Waals surface area contributed by atoms with E-state index in [9.17, 15) is 0 Å². The lowest BCUT2D eigenvalue weighted by Gasteiger charge is -2.45. The maximum atomic E-state index is 7.37. The molecular weight excluding hydrogens is 433 g/mol. The molecule has 0 heterocycles. The number of hydrogen-bond acceptors (Lipinski definition) is 1. The SMILES string of the molecule is CCCCCC/C=C/[C@@H](C)O[Si](c1ccccc1)(c1ccccc1)[Si](C)(C)c1ccccc1. The van der Waals surface area contributed by atoms with Gasteiger partial charge in [-0.1, -0.05) is 148 Å². The fraction of sp³-hybridized carbons (Fsp3) is 0.333. The summed E-state index contributed by atoms with van der Waals surface area (Å²) in [4.78, 5) is 0. The maximum absolute atomic E-state index is 7.37. The van der Waals surface area contributed by atoms with Crippen LogP contribution in [0.5, 0.6) is 0 Å². The quantitative estimate of drug-likeness (QED) is 0.169. The van der Waals surface area contributed by atoms with Crippen molar-refractivity contribution >= 4 is 31.0 Å². The summed E-state index contributed by atoms with van der Waals surface area (Å²) >= 11 is 0. The third kappa shape index (κ3) is 6.03. The molecule has 0 saturated carbocycles. The molecule has 3 rings (SSSR count). The van der Waals surface area contributed by atoms with Gasteiger partial charge >= 0.3 is 0 Å². The van der Waals surface area contributed by atoms with Crippen LogP contribution in [0.15, 0.2) is 103 Å². The molecule has 3 heteroatoms. The highest BCUT2D eigenvalue weighted by molar-refractivity contribution is 7.52. The van der Waals surface area contributed by atoms with Crippen LogP contribution in [0.3, 0.4) is 0 Å². The topological polar surface area (TPSA) is 9.23 Å². The molecule has 0 bridgehead atoms. The minimum atomic E-state index is -2.57. The van der Waals surface area contributed by atoms with Gasteiger partial charge in [-0.25, -0.2) is 0 Å². The summed E-state index contributed by atoms with van der Waals surface area (Å²) in [6, 6.07) is 33.3. The number of rotatable bonds is 12. The van der Waals surface area contributed by atoms with Crippen molar-refractivity contribution in [2.75, 3.05) is 0 Å². The highest BCUT2D eigenvalue weighted by Crippen LogP contribution is 2.24. The van der Waals surface area contributed by atoms with Gasteiger partial charge in [-0.05, 0) is 30.1 Å². The Kier molecular flexibility index (Phi) is 9.48. The van der Waals surface area contributed by atoms with E-state index in [2.05, 4.69) is 130 Å². The zero-order valence-corrected chi connectivity index (χ0v) is 22.8. The van der Waals surface area contributed by atoms with E-state index in [4.69, 9.17) is 4.43 Å². The zero-order valence-electron chi connectivity index (χ0n) is 20.8. The van der Waals surface area contributed by atoms with Crippen LogP contribution in [-0.2, 0) is 4.43 Å². The van der Waals surface area contributed by atoms with Crippen LogP contribution in [0.4, 0.5) is 0 Å². The predicted molar refractivity (Wildman–Crippen MR) is 150 cm³/mol. The van der Waals surface area contributed by atoms with Crippen molar-refractivity contribution in [1.29, 1.82) is 0 Å². The van der Waals surface area contributed by atoms with E-state index in [0.29, 0.717) is 0 Å². The van der Waals surface area contributed by atoms with Gasteiger partial charge in [0.25, 0.3) is 0 Å². The van der Waals surface area contributed by atoms with E-state index in [1.807, 2.05) is 0 Å². The number of hydrogen-bond donors (Lipinski definition) is 0. The molecule has 174 valence electrons. The molecule has 0 unspecified atom stereocenters. The summed E-state index contributed by atoms with van der Waals surface area (Å²) in [5, 5.41) is 4.21. The van der Waals surface area contributed by atoms with Crippen LogP contribution < -0.4 is 15.6 Å². The molecule has 0 aromatic heterocycles. The van der Waals surface area contributed by atoms with Crippen molar-refractivity contribution in [2.24, 2.45) is 0 Å². The molecule has 0 aliphatic heterocycles. The highest BCUT2D eigenvalue weighted by Gasteiger charge is 2.55. The van der Waals surface area contributed by atoms with E-state index < -0.39 is 15.4 Å². The number of allylic oxidation sites excluding steroid dienone is 1. The van der Waals surface area contributed by atoms with Gasteiger partial charge in [0.1, 0.15) is 7.59 Å². The first-order chi connectivity index (χ1) is 16.0. The lowest BCUT2D eigenvalue weighted by atomic mass is 10.1. The first-order valence-corrected chi connectivity index (χ1v) is 18.4. The van der Waals surface area contributed by atoms with Crippen molar-refractivity contribution in [2.45, 2.75) is 65.1 Å². The Morgan fingerprint density at radius 1 is 0.697 bits per heavy atom. The Labute approximate surface area is 203 Å². The normalized spacial score (nSPS) is 13.3. The van der Waals surface area contributed by atoms with Gasteiger partial charge < -0.3 is 4.43 Å². The molecular formula is C30H40OSi2. The molecule has 0 N–H and O–H groups in total. The van der Waals surface area contributed by atoms with E-state index in [1.54, 1.807) is 0 Å². The summed E-state index contributed by atoms with van der Waals surface area (Å²) in [6.45, 7) is 9.51. The average molecular weight is 473 g/mol. The molecule has 0 saturated heterocycles. The van der Waals surface area contributed by atoms with Gasteiger partial charge in [0, 0.05) is 0 Å². The van der Waals surface area contributed by atoms with Crippen LogP contribution in [0.1, 0.15) is 46.0 Å². The molecule has 0 amide bonds. The monoisotopic (exact) mass is 472 g/mol. The molecule has 3 aromatic rings. The number of benzene rings is 3. The molecule has 0 fully saturated rings. The minimum Gasteiger partial charge on any atom is -0.404 e. The summed E-state index contributed by atoms with van der Waals surface area (Å²) in [5.74, 6) is 0. The highest BCUT2D eigenvalue weighted by atomic mass is 29.3. The summed E-state index contributed by atoms with van der Waals surface area (Å²) < 4.78 is 7.37. The molecule has 3 aromatic carbocycles.